The summed E-state index contributed by atoms with van der Waals surface area (Å²) in [6.07, 6.45) is 4.91. The summed E-state index contributed by atoms with van der Waals surface area (Å²) in [4.78, 5) is 27.5. The average Bonchev–Trinajstić information content (AvgIpc) is 3.10. The zero-order valence-electron chi connectivity index (χ0n) is 11.9. The van der Waals surface area contributed by atoms with Crippen molar-refractivity contribution in [2.45, 2.75) is 0 Å². The summed E-state index contributed by atoms with van der Waals surface area (Å²) in [5.41, 5.74) is 5.95. The number of carbonyl (C=O) groups is 2. The fourth-order valence-electron chi connectivity index (χ4n) is 1.97. The van der Waals surface area contributed by atoms with E-state index in [-0.39, 0.29) is 11.3 Å². The van der Waals surface area contributed by atoms with Gasteiger partial charge in [-0.05, 0) is 24.3 Å². The smallest absolute Gasteiger partial charge is 0.276 e. The van der Waals surface area contributed by atoms with E-state index in [9.17, 15) is 9.59 Å². The average molecular weight is 308 g/mol. The van der Waals surface area contributed by atoms with E-state index in [1.54, 1.807) is 47.6 Å². The third-order valence-corrected chi connectivity index (χ3v) is 3.09. The molecule has 0 aliphatic rings. The topological polar surface area (TPSA) is 116 Å². The first kappa shape index (κ1) is 14.4. The molecule has 2 aromatic heterocycles. The molecule has 0 fully saturated rings. The molecule has 0 saturated heterocycles. The van der Waals surface area contributed by atoms with Crippen molar-refractivity contribution in [1.29, 1.82) is 0 Å². The van der Waals surface area contributed by atoms with Crippen LogP contribution in [-0.2, 0) is 0 Å². The highest BCUT2D eigenvalue weighted by Gasteiger charge is 2.13. The Morgan fingerprint density at radius 2 is 1.91 bits per heavy atom. The van der Waals surface area contributed by atoms with E-state index in [1.165, 1.54) is 12.1 Å². The molecule has 1 aromatic carbocycles. The summed E-state index contributed by atoms with van der Waals surface area (Å²) in [5, 5.41) is 10.4. The number of aromatic nitrogens is 4. The van der Waals surface area contributed by atoms with Crippen molar-refractivity contribution in [2.75, 3.05) is 5.32 Å². The third-order valence-electron chi connectivity index (χ3n) is 3.09. The Labute approximate surface area is 131 Å². The number of para-hydroxylation sites is 1. The van der Waals surface area contributed by atoms with Gasteiger partial charge in [0, 0.05) is 12.4 Å². The number of nitrogens with one attached hydrogen (secondary N) is 1. The molecule has 0 saturated carbocycles. The monoisotopic (exact) mass is 308 g/mol. The summed E-state index contributed by atoms with van der Waals surface area (Å²) in [5.74, 6) is -0.567. The molecule has 2 amide bonds. The lowest BCUT2D eigenvalue weighted by molar-refractivity contribution is 0.100. The van der Waals surface area contributed by atoms with Crippen LogP contribution in [0.3, 0.4) is 0 Å². The van der Waals surface area contributed by atoms with Gasteiger partial charge in [-0.3, -0.25) is 14.2 Å². The zero-order chi connectivity index (χ0) is 16.2. The molecule has 0 aliphatic heterocycles. The highest BCUT2D eigenvalue weighted by atomic mass is 16.2. The van der Waals surface area contributed by atoms with Gasteiger partial charge in [-0.25, -0.2) is 4.98 Å². The third kappa shape index (κ3) is 3.05. The van der Waals surface area contributed by atoms with Crippen LogP contribution in [0.15, 0.2) is 55.1 Å². The lowest BCUT2D eigenvalue weighted by Crippen LogP contribution is -2.19. The molecule has 0 unspecified atom stereocenters. The molecule has 0 atom stereocenters. The lowest BCUT2D eigenvalue weighted by Gasteiger charge is -2.08. The Hall–Kier alpha value is -3.55. The number of hydrogen-bond acceptors (Lipinski definition) is 5. The Balaban J connectivity index is 1.80. The largest absolute Gasteiger partial charge is 0.366 e. The second kappa shape index (κ2) is 6.06. The first-order valence-electron chi connectivity index (χ1n) is 6.67. The van der Waals surface area contributed by atoms with Gasteiger partial charge < -0.3 is 11.1 Å². The van der Waals surface area contributed by atoms with Crippen LogP contribution in [0.1, 0.15) is 20.8 Å². The molecule has 0 spiro atoms. The zero-order valence-corrected chi connectivity index (χ0v) is 11.9. The number of hydrogen-bond donors (Lipinski definition) is 2. The Kier molecular flexibility index (Phi) is 3.79. The van der Waals surface area contributed by atoms with E-state index in [0.29, 0.717) is 11.5 Å². The number of primary amides is 1. The highest BCUT2D eigenvalue weighted by Crippen LogP contribution is 2.15. The molecule has 3 aromatic rings. The van der Waals surface area contributed by atoms with E-state index >= 15 is 0 Å². The van der Waals surface area contributed by atoms with E-state index in [2.05, 4.69) is 20.5 Å². The van der Waals surface area contributed by atoms with Crippen molar-refractivity contribution >= 4 is 17.5 Å². The quantitative estimate of drug-likeness (QED) is 0.746. The van der Waals surface area contributed by atoms with Gasteiger partial charge in [0.25, 0.3) is 11.8 Å². The number of rotatable bonds is 4. The minimum Gasteiger partial charge on any atom is -0.366 e. The van der Waals surface area contributed by atoms with Gasteiger partial charge in [0.1, 0.15) is 6.33 Å². The number of imidazole rings is 1. The molecular weight excluding hydrogens is 296 g/mol. The second-order valence-electron chi connectivity index (χ2n) is 4.61. The summed E-state index contributed by atoms with van der Waals surface area (Å²) in [6, 6.07) is 9.65. The van der Waals surface area contributed by atoms with Crippen molar-refractivity contribution in [1.82, 2.24) is 19.7 Å². The molecule has 114 valence electrons. The standard InChI is InChI=1S/C15H12N6O2/c16-14(22)10-3-1-2-4-11(10)18-15(23)12-5-6-13(20-19-12)21-8-7-17-9-21/h1-9H,(H2,16,22)(H,18,23). The van der Waals surface area contributed by atoms with Gasteiger partial charge in [-0.15, -0.1) is 10.2 Å². The van der Waals surface area contributed by atoms with Crippen molar-refractivity contribution < 1.29 is 9.59 Å². The molecule has 8 nitrogen and oxygen atoms in total. The van der Waals surface area contributed by atoms with Crippen molar-refractivity contribution in [3.05, 3.63) is 66.4 Å². The number of nitrogens with zero attached hydrogens (tertiary/aromatic N) is 4. The lowest BCUT2D eigenvalue weighted by atomic mass is 10.1. The van der Waals surface area contributed by atoms with Crippen molar-refractivity contribution in [2.24, 2.45) is 5.73 Å². The van der Waals surface area contributed by atoms with Crippen molar-refractivity contribution in [3.8, 4) is 5.82 Å². The molecule has 0 radical (unpaired) electrons. The minimum atomic E-state index is -0.623. The Morgan fingerprint density at radius 3 is 2.57 bits per heavy atom. The van der Waals surface area contributed by atoms with Gasteiger partial charge in [0.05, 0.1) is 11.3 Å². The molecular formula is C15H12N6O2. The number of benzene rings is 1. The number of amides is 2. The summed E-state index contributed by atoms with van der Waals surface area (Å²) >= 11 is 0. The van der Waals surface area contributed by atoms with Crippen molar-refractivity contribution in [3.63, 3.8) is 0 Å². The van der Waals surface area contributed by atoms with Crippen LogP contribution < -0.4 is 11.1 Å². The fraction of sp³-hybridized carbons (Fsp3) is 0. The Bertz CT molecular complexity index is 843. The predicted molar refractivity (Wildman–Crippen MR) is 82.1 cm³/mol. The fourth-order valence-corrected chi connectivity index (χ4v) is 1.97. The first-order valence-corrected chi connectivity index (χ1v) is 6.67. The van der Waals surface area contributed by atoms with Crippen LogP contribution in [0.4, 0.5) is 5.69 Å². The number of anilines is 1. The molecule has 3 N–H and O–H groups in total. The second-order valence-corrected chi connectivity index (χ2v) is 4.61. The van der Waals surface area contributed by atoms with Gasteiger partial charge in [-0.2, -0.15) is 0 Å². The molecule has 8 heteroatoms. The SMILES string of the molecule is NC(=O)c1ccccc1NC(=O)c1ccc(-n2ccnc2)nn1. The van der Waals surface area contributed by atoms with Crippen LogP contribution in [0.5, 0.6) is 0 Å². The van der Waals surface area contributed by atoms with Crippen LogP contribution in [0, 0.1) is 0 Å². The van der Waals surface area contributed by atoms with E-state index in [1.807, 2.05) is 0 Å². The maximum atomic E-state index is 12.2. The minimum absolute atomic E-state index is 0.119. The van der Waals surface area contributed by atoms with Crippen LogP contribution in [-0.4, -0.2) is 31.6 Å². The van der Waals surface area contributed by atoms with Crippen LogP contribution >= 0.6 is 0 Å². The van der Waals surface area contributed by atoms with E-state index in [4.69, 9.17) is 5.73 Å². The summed E-state index contributed by atoms with van der Waals surface area (Å²) in [7, 11) is 0. The maximum Gasteiger partial charge on any atom is 0.276 e. The predicted octanol–water partition coefficient (Wildman–Crippen LogP) is 1.01. The molecule has 3 rings (SSSR count). The highest BCUT2D eigenvalue weighted by molar-refractivity contribution is 6.07. The summed E-state index contributed by atoms with van der Waals surface area (Å²) < 4.78 is 1.66. The van der Waals surface area contributed by atoms with Gasteiger partial charge in [-0.1, -0.05) is 12.1 Å². The van der Waals surface area contributed by atoms with Gasteiger partial charge in [0.2, 0.25) is 0 Å². The number of nitrogens with two attached hydrogens (primary N) is 1. The van der Waals surface area contributed by atoms with Crippen LogP contribution in [0.25, 0.3) is 5.82 Å². The number of carbonyl (C=O) groups excluding carboxylic acids is 2. The summed E-state index contributed by atoms with van der Waals surface area (Å²) in [6.45, 7) is 0. The van der Waals surface area contributed by atoms with Crippen LogP contribution in [0.2, 0.25) is 0 Å². The maximum absolute atomic E-state index is 12.2. The van der Waals surface area contributed by atoms with Gasteiger partial charge in [0.15, 0.2) is 11.5 Å². The van der Waals surface area contributed by atoms with E-state index in [0.717, 1.165) is 0 Å². The molecule has 0 aliphatic carbocycles. The molecule has 0 bridgehead atoms. The molecule has 23 heavy (non-hydrogen) atoms. The van der Waals surface area contributed by atoms with E-state index < -0.39 is 11.8 Å². The van der Waals surface area contributed by atoms with Gasteiger partial charge >= 0.3 is 0 Å². The normalized spacial score (nSPS) is 10.3. The molecule has 2 heterocycles. The Morgan fingerprint density at radius 1 is 1.09 bits per heavy atom. The first-order chi connectivity index (χ1) is 11.1.